The maximum Gasteiger partial charge on any atom is 0.227 e. The molecule has 8 aromatic carbocycles. The number of oxazole rings is 1. The van der Waals surface area contributed by atoms with Gasteiger partial charge in [0.15, 0.2) is 5.58 Å². The molecule has 3 aromatic heterocycles. The van der Waals surface area contributed by atoms with E-state index >= 15 is 0 Å². The molecule has 0 amide bonds. The molecule has 0 atom stereocenters. The summed E-state index contributed by atoms with van der Waals surface area (Å²) >= 11 is 0. The van der Waals surface area contributed by atoms with E-state index in [-0.39, 0.29) is 0 Å². The van der Waals surface area contributed by atoms with Crippen molar-refractivity contribution in [1.29, 1.82) is 0 Å². The lowest BCUT2D eigenvalue weighted by molar-refractivity contribution is 0.622. The predicted molar refractivity (Wildman–Crippen MR) is 221 cm³/mol. The number of benzene rings is 8. The number of furan rings is 1. The van der Waals surface area contributed by atoms with Crippen molar-refractivity contribution in [3.63, 3.8) is 0 Å². The molecule has 3 heterocycles. The minimum absolute atomic E-state index is 0.589. The number of hydrogen-bond donors (Lipinski definition) is 0. The van der Waals surface area contributed by atoms with Gasteiger partial charge in [-0.25, -0.2) is 4.98 Å². The second-order valence-electron chi connectivity index (χ2n) is 13.6. The van der Waals surface area contributed by atoms with Gasteiger partial charge in [0.05, 0.1) is 16.4 Å². The van der Waals surface area contributed by atoms with Gasteiger partial charge in [0, 0.05) is 50.0 Å². The highest BCUT2D eigenvalue weighted by Gasteiger charge is 2.22. The molecule has 5 nitrogen and oxygen atoms in total. The fourth-order valence-electron chi connectivity index (χ4n) is 7.96. The van der Waals surface area contributed by atoms with E-state index in [9.17, 15) is 0 Å². The van der Waals surface area contributed by atoms with Crippen molar-refractivity contribution in [3.05, 3.63) is 188 Å². The molecule has 0 saturated heterocycles. The Kier molecular flexibility index (Phi) is 6.79. The molecular weight excluding hydrogens is 663 g/mol. The topological polar surface area (TPSA) is 47.3 Å². The van der Waals surface area contributed by atoms with Crippen LogP contribution in [0.1, 0.15) is 0 Å². The van der Waals surface area contributed by atoms with Crippen LogP contribution in [-0.2, 0) is 0 Å². The monoisotopic (exact) mass is 693 g/mol. The van der Waals surface area contributed by atoms with Crippen LogP contribution in [0.15, 0.2) is 197 Å². The summed E-state index contributed by atoms with van der Waals surface area (Å²) in [7, 11) is 0. The standard InChI is InChI=1S/C49H31N3O2/c1-4-14-33(15-5-1)49-50-42-31-41(47-46(48(42)54-49)40-21-11-13-23-45(40)53-47)32-24-26-36(27-25-32)51(34-16-6-2-7-17-34)37-28-29-39-38-20-10-12-22-43(38)52(44(39)30-37)35-18-8-3-9-19-35/h1-31H. The molecule has 11 aromatic rings. The van der Waals surface area contributed by atoms with E-state index in [2.05, 4.69) is 149 Å². The van der Waals surface area contributed by atoms with E-state index in [0.29, 0.717) is 5.89 Å². The summed E-state index contributed by atoms with van der Waals surface area (Å²) in [6, 6.07) is 65.6. The molecular formula is C49H31N3O2. The summed E-state index contributed by atoms with van der Waals surface area (Å²) in [5.74, 6) is 0.589. The Morgan fingerprint density at radius 2 is 1.07 bits per heavy atom. The van der Waals surface area contributed by atoms with E-state index in [4.69, 9.17) is 13.8 Å². The molecule has 5 heteroatoms. The highest BCUT2D eigenvalue weighted by molar-refractivity contribution is 6.20. The van der Waals surface area contributed by atoms with Crippen molar-refractivity contribution in [2.75, 3.05) is 4.90 Å². The number of aromatic nitrogens is 2. The minimum Gasteiger partial charge on any atom is -0.455 e. The van der Waals surface area contributed by atoms with Crippen LogP contribution in [0.25, 0.3) is 83.1 Å². The summed E-state index contributed by atoms with van der Waals surface area (Å²) in [5, 5.41) is 4.39. The van der Waals surface area contributed by atoms with Crippen LogP contribution in [0, 0.1) is 0 Å². The van der Waals surface area contributed by atoms with Crippen LogP contribution >= 0.6 is 0 Å². The summed E-state index contributed by atoms with van der Waals surface area (Å²) < 4.78 is 15.4. The Hall–Kier alpha value is -7.37. The molecule has 0 aliphatic heterocycles. The average Bonchev–Trinajstić information content (AvgIpc) is 3.94. The summed E-state index contributed by atoms with van der Waals surface area (Å²) in [4.78, 5) is 7.30. The molecule has 0 spiro atoms. The molecule has 0 unspecified atom stereocenters. The molecule has 54 heavy (non-hydrogen) atoms. The third-order valence-electron chi connectivity index (χ3n) is 10.4. The molecule has 254 valence electrons. The van der Waals surface area contributed by atoms with E-state index < -0.39 is 0 Å². The minimum atomic E-state index is 0.589. The number of para-hydroxylation sites is 4. The quantitative estimate of drug-likeness (QED) is 0.174. The van der Waals surface area contributed by atoms with Crippen molar-refractivity contribution in [1.82, 2.24) is 9.55 Å². The fraction of sp³-hybridized carbons (Fsp3) is 0. The van der Waals surface area contributed by atoms with Gasteiger partial charge in [-0.05, 0) is 84.4 Å². The maximum atomic E-state index is 6.59. The first-order valence-corrected chi connectivity index (χ1v) is 18.1. The second kappa shape index (κ2) is 12.1. The highest BCUT2D eigenvalue weighted by atomic mass is 16.4. The second-order valence-corrected chi connectivity index (χ2v) is 13.6. The van der Waals surface area contributed by atoms with Crippen LogP contribution in [0.3, 0.4) is 0 Å². The van der Waals surface area contributed by atoms with Crippen molar-refractivity contribution >= 4 is 71.9 Å². The van der Waals surface area contributed by atoms with Gasteiger partial charge in [-0.3, -0.25) is 0 Å². The lowest BCUT2D eigenvalue weighted by Gasteiger charge is -2.26. The fourth-order valence-corrected chi connectivity index (χ4v) is 7.96. The van der Waals surface area contributed by atoms with Crippen LogP contribution < -0.4 is 4.90 Å². The number of hydrogen-bond acceptors (Lipinski definition) is 4. The number of fused-ring (bicyclic) bond motifs is 8. The van der Waals surface area contributed by atoms with Crippen molar-refractivity contribution in [2.24, 2.45) is 0 Å². The van der Waals surface area contributed by atoms with Gasteiger partial charge in [0.25, 0.3) is 0 Å². The Balaban J connectivity index is 1.08. The highest BCUT2D eigenvalue weighted by Crippen LogP contribution is 2.44. The summed E-state index contributed by atoms with van der Waals surface area (Å²) in [6.07, 6.45) is 0. The maximum absolute atomic E-state index is 6.59. The third-order valence-corrected chi connectivity index (χ3v) is 10.4. The Morgan fingerprint density at radius 3 is 1.87 bits per heavy atom. The zero-order valence-corrected chi connectivity index (χ0v) is 29.1. The van der Waals surface area contributed by atoms with E-state index in [0.717, 1.165) is 78.0 Å². The first kappa shape index (κ1) is 30.3. The summed E-state index contributed by atoms with van der Waals surface area (Å²) in [5.41, 5.74) is 12.7. The Bertz CT molecular complexity index is 3140. The molecule has 0 aliphatic rings. The zero-order chi connectivity index (χ0) is 35.6. The lowest BCUT2D eigenvalue weighted by Crippen LogP contribution is -2.10. The van der Waals surface area contributed by atoms with Crippen LogP contribution in [0.2, 0.25) is 0 Å². The van der Waals surface area contributed by atoms with Crippen LogP contribution in [0.5, 0.6) is 0 Å². The van der Waals surface area contributed by atoms with Gasteiger partial charge in [-0.1, -0.05) is 109 Å². The molecule has 0 radical (unpaired) electrons. The number of nitrogens with zero attached hydrogens (tertiary/aromatic N) is 3. The van der Waals surface area contributed by atoms with Crippen molar-refractivity contribution < 1.29 is 8.83 Å². The average molecular weight is 694 g/mol. The number of rotatable bonds is 6. The van der Waals surface area contributed by atoms with Gasteiger partial charge < -0.3 is 18.3 Å². The van der Waals surface area contributed by atoms with Gasteiger partial charge >= 0.3 is 0 Å². The van der Waals surface area contributed by atoms with Gasteiger partial charge in [-0.2, -0.15) is 0 Å². The largest absolute Gasteiger partial charge is 0.455 e. The van der Waals surface area contributed by atoms with Gasteiger partial charge in [0.1, 0.15) is 16.7 Å². The SMILES string of the molecule is c1ccc(-c2nc3cc(-c4ccc(N(c5ccccc5)c5ccc6c7ccccc7n(-c7ccccc7)c6c5)cc4)c4oc5ccccc5c4c3o2)cc1. The molecule has 11 rings (SSSR count). The zero-order valence-electron chi connectivity index (χ0n) is 29.1. The first-order valence-electron chi connectivity index (χ1n) is 18.1. The molecule has 0 aliphatic carbocycles. The van der Waals surface area contributed by atoms with E-state index in [1.165, 1.54) is 16.3 Å². The number of anilines is 3. The van der Waals surface area contributed by atoms with E-state index in [1.54, 1.807) is 0 Å². The van der Waals surface area contributed by atoms with Crippen LogP contribution in [-0.4, -0.2) is 9.55 Å². The van der Waals surface area contributed by atoms with Crippen LogP contribution in [0.4, 0.5) is 17.1 Å². The smallest absolute Gasteiger partial charge is 0.227 e. The summed E-state index contributed by atoms with van der Waals surface area (Å²) in [6.45, 7) is 0. The van der Waals surface area contributed by atoms with Crippen molar-refractivity contribution in [2.45, 2.75) is 0 Å². The van der Waals surface area contributed by atoms with Crippen molar-refractivity contribution in [3.8, 4) is 28.3 Å². The normalized spacial score (nSPS) is 11.7. The molecule has 0 N–H and O–H groups in total. The van der Waals surface area contributed by atoms with Gasteiger partial charge in [0.2, 0.25) is 5.89 Å². The molecule has 0 bridgehead atoms. The Morgan fingerprint density at radius 1 is 0.444 bits per heavy atom. The van der Waals surface area contributed by atoms with Gasteiger partial charge in [-0.15, -0.1) is 0 Å². The lowest BCUT2D eigenvalue weighted by atomic mass is 10.0. The first-order chi connectivity index (χ1) is 26.8. The third kappa shape index (κ3) is 4.76. The van der Waals surface area contributed by atoms with E-state index in [1.807, 2.05) is 48.5 Å². The predicted octanol–water partition coefficient (Wildman–Crippen LogP) is 13.6. The molecule has 0 fully saturated rings. The molecule has 0 saturated carbocycles. The Labute approximate surface area is 310 Å².